The quantitative estimate of drug-likeness (QED) is 0.120. The molecule has 0 saturated carbocycles. The largest absolute Gasteiger partial charge is 0.528 e. The molecule has 0 bridgehead atoms. The van der Waals surface area contributed by atoms with Crippen molar-refractivity contribution >= 4 is 23.8 Å². The van der Waals surface area contributed by atoms with E-state index >= 15 is 0 Å². The lowest BCUT2D eigenvalue weighted by atomic mass is 10.0. The van der Waals surface area contributed by atoms with Crippen molar-refractivity contribution in [2.45, 2.75) is 51.4 Å². The standard InChI is InChI=1S/C38H45FN2O13/c1-38(2,3)53-37(45)54-41-17-9-12-28(27(20-41)40-35(43)25-18-30(48-6)34(51-22-47-5)31(19-25)49-7)52-36(44)24-15-13-23(14-16-24)33(42)32-26(39)10-8-11-29(32)50-21-46-4/h8,10-11,13-16,18-19,27-28H,9,12,17,20-22H2,1-7H3,(H,40,43)/t27-,28-/m1/s1. The molecule has 1 N–H and O–H groups in total. The summed E-state index contributed by atoms with van der Waals surface area (Å²) in [6.07, 6.45) is -1.16. The van der Waals surface area contributed by atoms with Gasteiger partial charge in [0.2, 0.25) is 5.75 Å². The number of ketones is 1. The molecule has 0 radical (unpaired) electrons. The summed E-state index contributed by atoms with van der Waals surface area (Å²) < 4.78 is 57.7. The number of amides is 1. The number of hydroxylamine groups is 2. The number of hydrogen-bond acceptors (Lipinski definition) is 14. The van der Waals surface area contributed by atoms with Gasteiger partial charge in [0, 0.05) is 31.9 Å². The Morgan fingerprint density at radius 2 is 1.46 bits per heavy atom. The fraction of sp³-hybridized carbons (Fsp3) is 0.421. The zero-order valence-electron chi connectivity index (χ0n) is 31.2. The highest BCUT2D eigenvalue weighted by Crippen LogP contribution is 2.38. The first-order valence-corrected chi connectivity index (χ1v) is 16.9. The summed E-state index contributed by atoms with van der Waals surface area (Å²) in [7, 11) is 5.65. The SMILES string of the molecule is COCOc1cccc(F)c1C(=O)c1ccc(C(=O)O[C@@H]2CCCN(OC(=O)OC(C)(C)C)C[C@H]2NC(=O)c2cc(OC)c(OCOC)c(OC)c2)cc1. The predicted molar refractivity (Wildman–Crippen MR) is 189 cm³/mol. The van der Waals surface area contributed by atoms with Crippen LogP contribution in [0.25, 0.3) is 0 Å². The number of benzene rings is 3. The number of rotatable bonds is 15. The minimum Gasteiger partial charge on any atom is -0.493 e. The van der Waals surface area contributed by atoms with Crippen LogP contribution in [0.3, 0.4) is 0 Å². The van der Waals surface area contributed by atoms with Crippen LogP contribution in [0.5, 0.6) is 23.0 Å². The van der Waals surface area contributed by atoms with Crippen molar-refractivity contribution in [2.75, 3.05) is 55.1 Å². The third kappa shape index (κ3) is 11.0. The average Bonchev–Trinajstić information content (AvgIpc) is 3.32. The van der Waals surface area contributed by atoms with Gasteiger partial charge in [-0.15, -0.1) is 5.06 Å². The molecule has 292 valence electrons. The maximum Gasteiger partial charge on any atom is 0.528 e. The Bertz CT molecular complexity index is 1750. The van der Waals surface area contributed by atoms with E-state index in [2.05, 4.69) is 5.32 Å². The summed E-state index contributed by atoms with van der Waals surface area (Å²) in [6, 6.07) is 11.5. The van der Waals surface area contributed by atoms with Crippen LogP contribution in [0.1, 0.15) is 70.3 Å². The molecular formula is C38H45FN2O13. The molecule has 3 aromatic carbocycles. The monoisotopic (exact) mass is 756 g/mol. The van der Waals surface area contributed by atoms with E-state index in [9.17, 15) is 23.6 Å². The number of carbonyl (C=O) groups excluding carboxylic acids is 4. The Kier molecular flexibility index (Phi) is 14.6. The van der Waals surface area contributed by atoms with Gasteiger partial charge < -0.3 is 48.0 Å². The molecule has 2 atom stereocenters. The smallest absolute Gasteiger partial charge is 0.493 e. The lowest BCUT2D eigenvalue weighted by molar-refractivity contribution is -0.144. The molecule has 0 unspecified atom stereocenters. The second-order valence-electron chi connectivity index (χ2n) is 12.9. The minimum atomic E-state index is -0.938. The number of carbonyl (C=O) groups is 4. The lowest BCUT2D eigenvalue weighted by Gasteiger charge is -2.29. The third-order valence-electron chi connectivity index (χ3n) is 7.87. The summed E-state index contributed by atoms with van der Waals surface area (Å²) in [5.74, 6) is -2.16. The fourth-order valence-electron chi connectivity index (χ4n) is 5.43. The predicted octanol–water partition coefficient (Wildman–Crippen LogP) is 5.33. The van der Waals surface area contributed by atoms with E-state index in [0.717, 1.165) is 6.07 Å². The second-order valence-corrected chi connectivity index (χ2v) is 12.9. The molecule has 3 aromatic rings. The zero-order valence-corrected chi connectivity index (χ0v) is 31.2. The number of nitrogens with zero attached hydrogens (tertiary/aromatic N) is 1. The minimum absolute atomic E-state index is 0.00346. The topological polar surface area (TPSA) is 167 Å². The van der Waals surface area contributed by atoms with Crippen LogP contribution >= 0.6 is 0 Å². The normalized spacial score (nSPS) is 16.0. The van der Waals surface area contributed by atoms with Gasteiger partial charge in [-0.25, -0.2) is 14.0 Å². The van der Waals surface area contributed by atoms with Gasteiger partial charge in [-0.3, -0.25) is 9.59 Å². The van der Waals surface area contributed by atoms with E-state index in [1.54, 1.807) is 20.8 Å². The highest BCUT2D eigenvalue weighted by atomic mass is 19.1. The molecule has 0 aromatic heterocycles. The Labute approximate surface area is 312 Å². The molecule has 54 heavy (non-hydrogen) atoms. The molecule has 15 nitrogen and oxygen atoms in total. The summed E-state index contributed by atoms with van der Waals surface area (Å²) in [4.78, 5) is 58.6. The summed E-state index contributed by atoms with van der Waals surface area (Å²) in [5.41, 5.74) is -0.784. The Morgan fingerprint density at radius 1 is 0.833 bits per heavy atom. The molecule has 0 spiro atoms. The second kappa shape index (κ2) is 19.0. The number of halogens is 1. The molecule has 1 saturated heterocycles. The van der Waals surface area contributed by atoms with Crippen LogP contribution in [0, 0.1) is 5.82 Å². The average molecular weight is 757 g/mol. The first kappa shape index (κ1) is 41.3. The van der Waals surface area contributed by atoms with Gasteiger partial charge in [0.25, 0.3) is 5.91 Å². The number of nitrogens with one attached hydrogen (secondary N) is 1. The number of esters is 1. The summed E-state index contributed by atoms with van der Waals surface area (Å²) in [6.45, 7) is 4.96. The maximum absolute atomic E-state index is 14.8. The number of methoxy groups -OCH3 is 4. The molecular weight excluding hydrogens is 711 g/mol. The molecule has 1 amide bonds. The van der Waals surface area contributed by atoms with E-state index in [1.165, 1.54) is 82.0 Å². The highest BCUT2D eigenvalue weighted by Gasteiger charge is 2.35. The van der Waals surface area contributed by atoms with Crippen molar-refractivity contribution in [1.29, 1.82) is 0 Å². The van der Waals surface area contributed by atoms with Gasteiger partial charge in [0.05, 0.1) is 32.4 Å². The molecule has 16 heteroatoms. The fourth-order valence-corrected chi connectivity index (χ4v) is 5.43. The Hall–Kier alpha value is -5.45. The summed E-state index contributed by atoms with van der Waals surface area (Å²) >= 11 is 0. The first-order chi connectivity index (χ1) is 25.8. The number of hydrogen-bond donors (Lipinski definition) is 1. The van der Waals surface area contributed by atoms with E-state index in [0.29, 0.717) is 6.42 Å². The Morgan fingerprint density at radius 3 is 2.07 bits per heavy atom. The van der Waals surface area contributed by atoms with E-state index in [4.69, 9.17) is 42.7 Å². The summed E-state index contributed by atoms with van der Waals surface area (Å²) in [5, 5.41) is 4.24. The van der Waals surface area contributed by atoms with Crippen LogP contribution in [0.15, 0.2) is 54.6 Å². The Balaban J connectivity index is 1.57. The molecule has 1 aliphatic rings. The number of ether oxygens (including phenoxy) is 8. The maximum atomic E-state index is 14.8. The van der Waals surface area contributed by atoms with Crippen LogP contribution < -0.4 is 24.3 Å². The van der Waals surface area contributed by atoms with Gasteiger partial charge in [-0.2, -0.15) is 0 Å². The van der Waals surface area contributed by atoms with Gasteiger partial charge in [-0.1, -0.05) is 18.2 Å². The van der Waals surface area contributed by atoms with Gasteiger partial charge in [-0.05, 0) is 70.0 Å². The zero-order chi connectivity index (χ0) is 39.4. The van der Waals surface area contributed by atoms with Gasteiger partial charge >= 0.3 is 12.1 Å². The van der Waals surface area contributed by atoms with Crippen molar-refractivity contribution in [3.8, 4) is 23.0 Å². The van der Waals surface area contributed by atoms with Gasteiger partial charge in [0.1, 0.15) is 28.8 Å². The van der Waals surface area contributed by atoms with Crippen LogP contribution in [0.4, 0.5) is 9.18 Å². The highest BCUT2D eigenvalue weighted by molar-refractivity contribution is 6.11. The van der Waals surface area contributed by atoms with Crippen molar-refractivity contribution in [3.63, 3.8) is 0 Å². The van der Waals surface area contributed by atoms with E-state index < -0.39 is 47.4 Å². The van der Waals surface area contributed by atoms with Gasteiger partial charge in [0.15, 0.2) is 30.9 Å². The van der Waals surface area contributed by atoms with E-state index in [-0.39, 0.29) is 78.3 Å². The van der Waals surface area contributed by atoms with Crippen LogP contribution in [-0.4, -0.2) is 102 Å². The molecule has 1 fully saturated rings. The van der Waals surface area contributed by atoms with Crippen molar-refractivity contribution in [2.24, 2.45) is 0 Å². The molecule has 4 rings (SSSR count). The van der Waals surface area contributed by atoms with Crippen molar-refractivity contribution in [3.05, 3.63) is 82.7 Å². The molecule has 0 aliphatic carbocycles. The molecule has 1 aliphatic heterocycles. The van der Waals surface area contributed by atoms with Crippen molar-refractivity contribution in [1.82, 2.24) is 10.4 Å². The van der Waals surface area contributed by atoms with Crippen LogP contribution in [-0.2, 0) is 23.8 Å². The lowest BCUT2D eigenvalue weighted by Crippen LogP contribution is -2.50. The third-order valence-corrected chi connectivity index (χ3v) is 7.87. The van der Waals surface area contributed by atoms with E-state index in [1.807, 2.05) is 0 Å². The first-order valence-electron chi connectivity index (χ1n) is 16.9. The molecule has 1 heterocycles. The van der Waals surface area contributed by atoms with Crippen molar-refractivity contribution < 1.29 is 66.3 Å². The van der Waals surface area contributed by atoms with Crippen LogP contribution in [0.2, 0.25) is 0 Å².